The second-order valence-electron chi connectivity index (χ2n) is 3.30. The fourth-order valence-electron chi connectivity index (χ4n) is 1.06. The van der Waals surface area contributed by atoms with Crippen LogP contribution in [0.3, 0.4) is 0 Å². The molecule has 1 unspecified atom stereocenters. The summed E-state index contributed by atoms with van der Waals surface area (Å²) in [6, 6.07) is 9.53. The lowest BCUT2D eigenvalue weighted by molar-refractivity contribution is 0.329. The van der Waals surface area contributed by atoms with E-state index in [2.05, 4.69) is 0 Å². The molecule has 15 heavy (non-hydrogen) atoms. The average Bonchev–Trinajstić information content (AvgIpc) is 2.26. The van der Waals surface area contributed by atoms with Gasteiger partial charge in [0, 0.05) is 25.8 Å². The van der Waals surface area contributed by atoms with Gasteiger partial charge >= 0.3 is 0 Å². The zero-order chi connectivity index (χ0) is 11.3. The van der Waals surface area contributed by atoms with Crippen LogP contribution in [-0.2, 0) is 0 Å². The summed E-state index contributed by atoms with van der Waals surface area (Å²) in [5.74, 6) is 0.724. The highest BCUT2D eigenvalue weighted by atomic mass is 35.5. The zero-order valence-electron chi connectivity index (χ0n) is 8.77. The molecule has 1 aromatic rings. The maximum Gasteiger partial charge on any atom is 0.154 e. The van der Waals surface area contributed by atoms with Crippen molar-refractivity contribution in [2.45, 2.75) is 5.38 Å². The number of hydrogen-bond donors (Lipinski definition) is 0. The third kappa shape index (κ3) is 3.69. The SMILES string of the molecule is CN(C)c1cccc(OCC(Cl)C#N)c1. The summed E-state index contributed by atoms with van der Waals surface area (Å²) in [5.41, 5.74) is 1.05. The van der Waals surface area contributed by atoms with Crippen LogP contribution in [-0.4, -0.2) is 26.1 Å². The minimum atomic E-state index is -0.604. The molecule has 0 aromatic heterocycles. The molecular formula is C11H13ClN2O. The van der Waals surface area contributed by atoms with Crippen LogP contribution in [0.1, 0.15) is 0 Å². The van der Waals surface area contributed by atoms with Crippen molar-refractivity contribution in [2.24, 2.45) is 0 Å². The average molecular weight is 225 g/mol. The fourth-order valence-corrected chi connectivity index (χ4v) is 1.12. The number of hydrogen-bond acceptors (Lipinski definition) is 3. The van der Waals surface area contributed by atoms with Crippen molar-refractivity contribution < 1.29 is 4.74 Å². The Balaban J connectivity index is 2.62. The normalized spacial score (nSPS) is 11.6. The van der Waals surface area contributed by atoms with Gasteiger partial charge in [0.25, 0.3) is 0 Å². The van der Waals surface area contributed by atoms with Crippen LogP contribution >= 0.6 is 11.6 Å². The topological polar surface area (TPSA) is 36.3 Å². The van der Waals surface area contributed by atoms with Crippen molar-refractivity contribution in [3.05, 3.63) is 24.3 Å². The Bertz CT molecular complexity index is 360. The molecule has 1 aromatic carbocycles. The molecule has 1 rings (SSSR count). The maximum absolute atomic E-state index is 8.49. The Hall–Kier alpha value is -1.40. The van der Waals surface area contributed by atoms with E-state index in [4.69, 9.17) is 21.6 Å². The van der Waals surface area contributed by atoms with Crippen LogP contribution in [0.5, 0.6) is 5.75 Å². The molecular weight excluding hydrogens is 212 g/mol. The van der Waals surface area contributed by atoms with E-state index in [0.29, 0.717) is 0 Å². The van der Waals surface area contributed by atoms with Gasteiger partial charge in [-0.15, -0.1) is 11.6 Å². The largest absolute Gasteiger partial charge is 0.491 e. The molecule has 0 N–H and O–H groups in total. The molecule has 0 bridgehead atoms. The Kier molecular flexibility index (Phi) is 4.26. The number of halogens is 1. The van der Waals surface area contributed by atoms with Crippen molar-refractivity contribution >= 4 is 17.3 Å². The second kappa shape index (κ2) is 5.47. The van der Waals surface area contributed by atoms with Gasteiger partial charge < -0.3 is 9.64 Å². The van der Waals surface area contributed by atoms with Gasteiger partial charge in [-0.1, -0.05) is 6.07 Å². The third-order valence-corrected chi connectivity index (χ3v) is 2.09. The van der Waals surface area contributed by atoms with Crippen LogP contribution in [0.25, 0.3) is 0 Å². The van der Waals surface area contributed by atoms with Crippen molar-refractivity contribution in [2.75, 3.05) is 25.6 Å². The van der Waals surface area contributed by atoms with Gasteiger partial charge in [0.05, 0.1) is 6.07 Å². The number of rotatable bonds is 4. The van der Waals surface area contributed by atoms with E-state index in [1.165, 1.54) is 0 Å². The van der Waals surface area contributed by atoms with Crippen LogP contribution < -0.4 is 9.64 Å². The molecule has 0 aliphatic heterocycles. The fraction of sp³-hybridized carbons (Fsp3) is 0.364. The van der Waals surface area contributed by atoms with E-state index < -0.39 is 5.38 Å². The van der Waals surface area contributed by atoms with Crippen molar-refractivity contribution in [3.63, 3.8) is 0 Å². The number of nitrogens with zero attached hydrogens (tertiary/aromatic N) is 2. The van der Waals surface area contributed by atoms with Crippen LogP contribution in [0.4, 0.5) is 5.69 Å². The molecule has 4 heteroatoms. The molecule has 0 spiro atoms. The summed E-state index contributed by atoms with van der Waals surface area (Å²) >= 11 is 5.62. The van der Waals surface area contributed by atoms with Gasteiger partial charge in [0.2, 0.25) is 0 Å². The number of alkyl halides is 1. The highest BCUT2D eigenvalue weighted by molar-refractivity contribution is 6.22. The summed E-state index contributed by atoms with van der Waals surface area (Å²) in [7, 11) is 3.91. The first-order valence-corrected chi connectivity index (χ1v) is 5.01. The molecule has 0 aliphatic rings. The van der Waals surface area contributed by atoms with Gasteiger partial charge in [-0.05, 0) is 12.1 Å². The number of nitriles is 1. The molecule has 0 amide bonds. The lowest BCUT2D eigenvalue weighted by Gasteiger charge is -2.14. The van der Waals surface area contributed by atoms with E-state index >= 15 is 0 Å². The molecule has 1 atom stereocenters. The summed E-state index contributed by atoms with van der Waals surface area (Å²) in [4.78, 5) is 1.98. The van der Waals surface area contributed by atoms with Crippen molar-refractivity contribution in [1.29, 1.82) is 5.26 Å². The van der Waals surface area contributed by atoms with Gasteiger partial charge in [-0.2, -0.15) is 5.26 Å². The highest BCUT2D eigenvalue weighted by Gasteiger charge is 2.03. The monoisotopic (exact) mass is 224 g/mol. The lowest BCUT2D eigenvalue weighted by Crippen LogP contribution is -2.11. The lowest BCUT2D eigenvalue weighted by atomic mass is 10.3. The van der Waals surface area contributed by atoms with E-state index in [1.54, 1.807) is 0 Å². The third-order valence-electron chi connectivity index (χ3n) is 1.87. The van der Waals surface area contributed by atoms with Crippen LogP contribution in [0, 0.1) is 11.3 Å². The van der Waals surface area contributed by atoms with Gasteiger partial charge in [0.15, 0.2) is 5.38 Å². The summed E-state index contributed by atoms with van der Waals surface area (Å²) in [5, 5.41) is 7.88. The Morgan fingerprint density at radius 2 is 2.27 bits per heavy atom. The molecule has 0 aliphatic carbocycles. The molecule has 0 saturated heterocycles. The summed E-state index contributed by atoms with van der Waals surface area (Å²) in [6.45, 7) is 0.203. The number of benzene rings is 1. The predicted octanol–water partition coefficient (Wildman–Crippen LogP) is 2.26. The number of ether oxygens (including phenoxy) is 1. The smallest absolute Gasteiger partial charge is 0.154 e. The van der Waals surface area contributed by atoms with Crippen LogP contribution in [0.15, 0.2) is 24.3 Å². The highest BCUT2D eigenvalue weighted by Crippen LogP contribution is 2.19. The Morgan fingerprint density at radius 1 is 1.53 bits per heavy atom. The van der Waals surface area contributed by atoms with Crippen molar-refractivity contribution in [1.82, 2.24) is 0 Å². The molecule has 80 valence electrons. The van der Waals surface area contributed by atoms with Gasteiger partial charge in [-0.25, -0.2) is 0 Å². The van der Waals surface area contributed by atoms with Crippen LogP contribution in [0.2, 0.25) is 0 Å². The molecule has 3 nitrogen and oxygen atoms in total. The van der Waals surface area contributed by atoms with E-state index in [0.717, 1.165) is 11.4 Å². The molecule has 0 heterocycles. The minimum absolute atomic E-state index is 0.203. The quantitative estimate of drug-likeness (QED) is 0.737. The Morgan fingerprint density at radius 3 is 2.87 bits per heavy atom. The minimum Gasteiger partial charge on any atom is -0.491 e. The summed E-state index contributed by atoms with van der Waals surface area (Å²) < 4.78 is 5.37. The van der Waals surface area contributed by atoms with Gasteiger partial charge in [-0.3, -0.25) is 0 Å². The predicted molar refractivity (Wildman–Crippen MR) is 61.5 cm³/mol. The molecule has 0 radical (unpaired) electrons. The van der Waals surface area contributed by atoms with E-state index in [-0.39, 0.29) is 6.61 Å². The molecule has 0 fully saturated rings. The first kappa shape index (κ1) is 11.7. The van der Waals surface area contributed by atoms with E-state index in [1.807, 2.05) is 49.3 Å². The first-order valence-electron chi connectivity index (χ1n) is 4.57. The molecule has 0 saturated carbocycles. The van der Waals surface area contributed by atoms with Crippen molar-refractivity contribution in [3.8, 4) is 11.8 Å². The van der Waals surface area contributed by atoms with Gasteiger partial charge in [0.1, 0.15) is 12.4 Å². The van der Waals surface area contributed by atoms with E-state index in [9.17, 15) is 0 Å². The standard InChI is InChI=1S/C11H13ClN2O/c1-14(2)10-4-3-5-11(6-10)15-8-9(12)7-13/h3-6,9H,8H2,1-2H3. The summed E-state index contributed by atoms with van der Waals surface area (Å²) in [6.07, 6.45) is 0. The second-order valence-corrected chi connectivity index (χ2v) is 3.83. The maximum atomic E-state index is 8.49. The first-order chi connectivity index (χ1) is 7.13. The number of anilines is 1. The zero-order valence-corrected chi connectivity index (χ0v) is 9.53. The Labute approximate surface area is 94.8 Å².